The Labute approximate surface area is 121 Å². The average molecular weight is 283 g/mol. The molecule has 3 rings (SSSR count). The van der Waals surface area contributed by atoms with Crippen molar-refractivity contribution in [2.24, 2.45) is 0 Å². The van der Waals surface area contributed by atoms with Crippen LogP contribution in [0, 0.1) is 11.3 Å². The molecule has 0 unspecified atom stereocenters. The van der Waals surface area contributed by atoms with Crippen LogP contribution < -0.4 is 19.5 Å². The second kappa shape index (κ2) is 6.01. The summed E-state index contributed by atoms with van der Waals surface area (Å²) in [6, 6.07) is 11.0. The van der Waals surface area contributed by atoms with Crippen molar-refractivity contribution in [3.63, 3.8) is 0 Å². The molecule has 0 bridgehead atoms. The van der Waals surface area contributed by atoms with Crippen LogP contribution in [0.1, 0.15) is 5.56 Å². The molecule has 1 aliphatic rings. The van der Waals surface area contributed by atoms with Gasteiger partial charge in [-0.25, -0.2) is 4.98 Å². The van der Waals surface area contributed by atoms with Gasteiger partial charge < -0.3 is 19.5 Å². The standard InChI is InChI=1S/C15H13N3O3/c16-8-11-1-4-15(18-9-11)17-5-6-19-12-2-3-13-14(7-12)21-10-20-13/h1-4,7,9H,5-6,10H2,(H,17,18). The molecule has 6 heteroatoms. The Kier molecular flexibility index (Phi) is 3.74. The highest BCUT2D eigenvalue weighted by Crippen LogP contribution is 2.34. The van der Waals surface area contributed by atoms with E-state index in [4.69, 9.17) is 19.5 Å². The maximum Gasteiger partial charge on any atom is 0.231 e. The molecular weight excluding hydrogens is 270 g/mol. The van der Waals surface area contributed by atoms with Crippen LogP contribution in [0.2, 0.25) is 0 Å². The van der Waals surface area contributed by atoms with Crippen LogP contribution in [0.3, 0.4) is 0 Å². The van der Waals surface area contributed by atoms with E-state index in [1.54, 1.807) is 12.1 Å². The molecule has 1 aliphatic heterocycles. The highest BCUT2D eigenvalue weighted by Gasteiger charge is 2.13. The summed E-state index contributed by atoms with van der Waals surface area (Å²) in [5.41, 5.74) is 0.539. The fraction of sp³-hybridized carbons (Fsp3) is 0.200. The van der Waals surface area contributed by atoms with E-state index in [9.17, 15) is 0 Å². The summed E-state index contributed by atoms with van der Waals surface area (Å²) in [6.45, 7) is 1.35. The van der Waals surface area contributed by atoms with Gasteiger partial charge in [-0.2, -0.15) is 5.26 Å². The molecule has 21 heavy (non-hydrogen) atoms. The fourth-order valence-corrected chi connectivity index (χ4v) is 1.88. The maximum absolute atomic E-state index is 8.69. The number of aromatic nitrogens is 1. The summed E-state index contributed by atoms with van der Waals surface area (Å²) >= 11 is 0. The molecule has 2 aromatic rings. The van der Waals surface area contributed by atoms with Crippen LogP contribution in [-0.4, -0.2) is 24.9 Å². The zero-order valence-electron chi connectivity index (χ0n) is 11.2. The van der Waals surface area contributed by atoms with E-state index in [-0.39, 0.29) is 6.79 Å². The van der Waals surface area contributed by atoms with E-state index in [0.29, 0.717) is 30.3 Å². The Morgan fingerprint density at radius 2 is 2.14 bits per heavy atom. The molecule has 106 valence electrons. The molecule has 0 saturated carbocycles. The van der Waals surface area contributed by atoms with E-state index >= 15 is 0 Å². The first-order valence-corrected chi connectivity index (χ1v) is 6.47. The molecule has 2 heterocycles. The first-order chi connectivity index (χ1) is 10.3. The number of pyridine rings is 1. The number of nitrogens with zero attached hydrogens (tertiary/aromatic N) is 2. The third-order valence-corrected chi connectivity index (χ3v) is 2.91. The fourth-order valence-electron chi connectivity index (χ4n) is 1.88. The van der Waals surface area contributed by atoms with E-state index in [1.165, 1.54) is 6.20 Å². The van der Waals surface area contributed by atoms with Crippen LogP contribution in [0.25, 0.3) is 0 Å². The number of fused-ring (bicyclic) bond motifs is 1. The molecule has 0 radical (unpaired) electrons. The number of hydrogen-bond acceptors (Lipinski definition) is 6. The molecule has 0 atom stereocenters. The van der Waals surface area contributed by atoms with Gasteiger partial charge in [0.25, 0.3) is 0 Å². The Bertz CT molecular complexity index is 665. The number of nitriles is 1. The summed E-state index contributed by atoms with van der Waals surface area (Å²) in [5.74, 6) is 2.88. The van der Waals surface area contributed by atoms with Crippen molar-refractivity contribution in [2.45, 2.75) is 0 Å². The largest absolute Gasteiger partial charge is 0.492 e. The minimum atomic E-state index is 0.255. The highest BCUT2D eigenvalue weighted by atomic mass is 16.7. The summed E-state index contributed by atoms with van der Waals surface area (Å²) in [7, 11) is 0. The van der Waals surface area contributed by atoms with Crippen molar-refractivity contribution in [2.75, 3.05) is 25.3 Å². The predicted molar refractivity (Wildman–Crippen MR) is 75.5 cm³/mol. The quantitative estimate of drug-likeness (QED) is 0.847. The summed E-state index contributed by atoms with van der Waals surface area (Å²) in [4.78, 5) is 4.12. The summed E-state index contributed by atoms with van der Waals surface area (Å²) in [5, 5.41) is 11.8. The van der Waals surface area contributed by atoms with Crippen molar-refractivity contribution in [3.05, 3.63) is 42.1 Å². The van der Waals surface area contributed by atoms with Crippen LogP contribution in [0.5, 0.6) is 17.2 Å². The Balaban J connectivity index is 1.46. The van der Waals surface area contributed by atoms with Gasteiger partial charge in [0.05, 0.1) is 12.1 Å². The monoisotopic (exact) mass is 283 g/mol. The number of rotatable bonds is 5. The van der Waals surface area contributed by atoms with E-state index in [2.05, 4.69) is 10.3 Å². The van der Waals surface area contributed by atoms with Crippen molar-refractivity contribution in [3.8, 4) is 23.3 Å². The molecule has 0 amide bonds. The van der Waals surface area contributed by atoms with E-state index < -0.39 is 0 Å². The van der Waals surface area contributed by atoms with Crippen molar-refractivity contribution in [1.82, 2.24) is 4.98 Å². The smallest absolute Gasteiger partial charge is 0.231 e. The third kappa shape index (κ3) is 3.15. The lowest BCUT2D eigenvalue weighted by molar-refractivity contribution is 0.174. The SMILES string of the molecule is N#Cc1ccc(NCCOc2ccc3c(c2)OCO3)nc1. The molecule has 0 aliphatic carbocycles. The lowest BCUT2D eigenvalue weighted by Gasteiger charge is -2.08. The predicted octanol–water partition coefficient (Wildman–Crippen LogP) is 2.17. The highest BCUT2D eigenvalue weighted by molar-refractivity contribution is 5.47. The van der Waals surface area contributed by atoms with Gasteiger partial charge in [-0.1, -0.05) is 0 Å². The van der Waals surface area contributed by atoms with E-state index in [0.717, 1.165) is 11.5 Å². The molecular formula is C15H13N3O3. The second-order valence-corrected chi connectivity index (χ2v) is 4.33. The van der Waals surface area contributed by atoms with Gasteiger partial charge in [0.2, 0.25) is 6.79 Å². The van der Waals surface area contributed by atoms with Crippen LogP contribution >= 0.6 is 0 Å². The molecule has 0 fully saturated rings. The number of anilines is 1. The Morgan fingerprint density at radius 1 is 1.24 bits per heavy atom. The van der Waals surface area contributed by atoms with Gasteiger partial charge in [-0.15, -0.1) is 0 Å². The molecule has 0 saturated heterocycles. The summed E-state index contributed by atoms with van der Waals surface area (Å²) in [6.07, 6.45) is 1.53. The van der Waals surface area contributed by atoms with E-state index in [1.807, 2.05) is 24.3 Å². The Hall–Kier alpha value is -2.94. The number of benzene rings is 1. The molecule has 1 aromatic carbocycles. The lowest BCUT2D eigenvalue weighted by atomic mass is 10.3. The van der Waals surface area contributed by atoms with Gasteiger partial charge >= 0.3 is 0 Å². The topological polar surface area (TPSA) is 76.4 Å². The molecule has 1 N–H and O–H groups in total. The minimum absolute atomic E-state index is 0.255. The summed E-state index contributed by atoms with van der Waals surface area (Å²) < 4.78 is 16.1. The maximum atomic E-state index is 8.69. The zero-order valence-corrected chi connectivity index (χ0v) is 11.2. The van der Waals surface area contributed by atoms with Crippen molar-refractivity contribution < 1.29 is 14.2 Å². The van der Waals surface area contributed by atoms with Gasteiger partial charge in [-0.05, 0) is 24.3 Å². The van der Waals surface area contributed by atoms with Gasteiger partial charge in [0.15, 0.2) is 11.5 Å². The first-order valence-electron chi connectivity index (χ1n) is 6.47. The van der Waals surface area contributed by atoms with Crippen LogP contribution in [-0.2, 0) is 0 Å². The van der Waals surface area contributed by atoms with Crippen molar-refractivity contribution in [1.29, 1.82) is 5.26 Å². The van der Waals surface area contributed by atoms with Gasteiger partial charge in [0.1, 0.15) is 24.2 Å². The van der Waals surface area contributed by atoms with Crippen molar-refractivity contribution >= 4 is 5.82 Å². The first kappa shape index (κ1) is 13.1. The normalized spacial score (nSPS) is 11.8. The third-order valence-electron chi connectivity index (χ3n) is 2.91. The van der Waals surface area contributed by atoms with Crippen LogP contribution in [0.4, 0.5) is 5.82 Å². The molecule has 0 spiro atoms. The Morgan fingerprint density at radius 3 is 2.95 bits per heavy atom. The minimum Gasteiger partial charge on any atom is -0.492 e. The second-order valence-electron chi connectivity index (χ2n) is 4.33. The number of ether oxygens (including phenoxy) is 3. The molecule has 6 nitrogen and oxygen atoms in total. The van der Waals surface area contributed by atoms with Gasteiger partial charge in [0, 0.05) is 12.3 Å². The molecule has 1 aromatic heterocycles. The zero-order chi connectivity index (χ0) is 14.5. The number of hydrogen-bond donors (Lipinski definition) is 1. The van der Waals surface area contributed by atoms with Gasteiger partial charge in [-0.3, -0.25) is 0 Å². The average Bonchev–Trinajstić information content (AvgIpc) is 3.00. The lowest BCUT2D eigenvalue weighted by Crippen LogP contribution is -2.12. The van der Waals surface area contributed by atoms with Crippen LogP contribution in [0.15, 0.2) is 36.5 Å². The number of nitrogens with one attached hydrogen (secondary N) is 1.